The van der Waals surface area contributed by atoms with Gasteiger partial charge in [0.05, 0.1) is 11.5 Å². The largest absolute Gasteiger partial charge is 0.301 e. The highest BCUT2D eigenvalue weighted by Crippen LogP contribution is 2.38. The first-order chi connectivity index (χ1) is 5.54. The second kappa shape index (κ2) is 2.45. The van der Waals surface area contributed by atoms with Crippen molar-refractivity contribution in [2.75, 3.05) is 25.1 Å². The van der Waals surface area contributed by atoms with Crippen molar-refractivity contribution in [1.29, 1.82) is 0 Å². The Balaban J connectivity index is 2.07. The molecule has 70 valence electrons. The molecule has 2 aliphatic rings. The fraction of sp³-hybridized carbons (Fsp3) is 1.00. The van der Waals surface area contributed by atoms with E-state index >= 15 is 0 Å². The molecule has 0 unspecified atom stereocenters. The monoisotopic (exact) mass is 189 g/mol. The Morgan fingerprint density at radius 2 is 1.75 bits per heavy atom. The van der Waals surface area contributed by atoms with Gasteiger partial charge in [-0.15, -0.1) is 0 Å². The highest BCUT2D eigenvalue weighted by atomic mass is 32.2. The molecule has 12 heavy (non-hydrogen) atoms. The van der Waals surface area contributed by atoms with Crippen molar-refractivity contribution in [3.63, 3.8) is 0 Å². The molecule has 0 aromatic rings. The van der Waals surface area contributed by atoms with Crippen LogP contribution >= 0.6 is 0 Å². The summed E-state index contributed by atoms with van der Waals surface area (Å²) in [5.41, 5.74) is 0.269. The Bertz CT molecular complexity index is 269. The Hall–Kier alpha value is -0.0900. The van der Waals surface area contributed by atoms with Gasteiger partial charge in [-0.1, -0.05) is 0 Å². The van der Waals surface area contributed by atoms with Crippen molar-refractivity contribution in [1.82, 2.24) is 4.90 Å². The van der Waals surface area contributed by atoms with Gasteiger partial charge in [0.15, 0.2) is 0 Å². The molecule has 0 aromatic heterocycles. The van der Waals surface area contributed by atoms with Crippen LogP contribution in [0.5, 0.6) is 0 Å². The molecule has 2 heterocycles. The van der Waals surface area contributed by atoms with E-state index in [1.165, 1.54) is 6.42 Å². The second-order valence-corrected chi connectivity index (χ2v) is 6.35. The van der Waals surface area contributed by atoms with Gasteiger partial charge in [0.25, 0.3) is 0 Å². The number of sulfone groups is 1. The lowest BCUT2D eigenvalue weighted by Crippen LogP contribution is -2.60. The first-order valence-electron chi connectivity index (χ1n) is 4.46. The third-order valence-electron chi connectivity index (χ3n) is 3.48. The zero-order valence-corrected chi connectivity index (χ0v) is 8.23. The molecule has 0 N–H and O–H groups in total. The van der Waals surface area contributed by atoms with Crippen LogP contribution < -0.4 is 0 Å². The van der Waals surface area contributed by atoms with Gasteiger partial charge in [-0.25, -0.2) is 8.42 Å². The minimum Gasteiger partial charge on any atom is -0.301 e. The van der Waals surface area contributed by atoms with E-state index in [4.69, 9.17) is 0 Å². The Morgan fingerprint density at radius 1 is 1.17 bits per heavy atom. The van der Waals surface area contributed by atoms with Crippen LogP contribution in [0.1, 0.15) is 19.3 Å². The van der Waals surface area contributed by atoms with Gasteiger partial charge >= 0.3 is 0 Å². The smallest absolute Gasteiger partial charge is 0.150 e. The van der Waals surface area contributed by atoms with Gasteiger partial charge in [-0.3, -0.25) is 0 Å². The fourth-order valence-corrected chi connectivity index (χ4v) is 3.79. The summed E-state index contributed by atoms with van der Waals surface area (Å²) < 4.78 is 22.3. The van der Waals surface area contributed by atoms with E-state index in [0.717, 1.165) is 19.4 Å². The summed E-state index contributed by atoms with van der Waals surface area (Å²) in [6.07, 6.45) is 2.90. The van der Waals surface area contributed by atoms with E-state index in [0.29, 0.717) is 11.5 Å². The van der Waals surface area contributed by atoms with Crippen LogP contribution in [0.2, 0.25) is 0 Å². The Kier molecular flexibility index (Phi) is 1.74. The van der Waals surface area contributed by atoms with Crippen LogP contribution in [0.4, 0.5) is 0 Å². The second-order valence-electron chi connectivity index (χ2n) is 4.05. The maximum Gasteiger partial charge on any atom is 0.150 e. The van der Waals surface area contributed by atoms with Gasteiger partial charge in [0, 0.05) is 12.1 Å². The summed E-state index contributed by atoms with van der Waals surface area (Å²) in [4.78, 5) is 2.31. The average Bonchev–Trinajstić information content (AvgIpc) is 2.02. The van der Waals surface area contributed by atoms with Crippen LogP contribution in [0.15, 0.2) is 0 Å². The molecule has 0 atom stereocenters. The van der Waals surface area contributed by atoms with Crippen molar-refractivity contribution < 1.29 is 8.42 Å². The van der Waals surface area contributed by atoms with Crippen molar-refractivity contribution >= 4 is 9.84 Å². The molecule has 0 saturated carbocycles. The molecule has 2 saturated heterocycles. The zero-order valence-electron chi connectivity index (χ0n) is 7.41. The molecule has 4 heteroatoms. The quantitative estimate of drug-likeness (QED) is 0.549. The summed E-state index contributed by atoms with van der Waals surface area (Å²) in [5, 5.41) is 0. The molecule has 2 fully saturated rings. The van der Waals surface area contributed by atoms with Gasteiger partial charge in [-0.05, 0) is 26.3 Å². The minimum atomic E-state index is -2.68. The molecule has 2 aliphatic heterocycles. The molecule has 2 rings (SSSR count). The van der Waals surface area contributed by atoms with Crippen molar-refractivity contribution in [2.45, 2.75) is 24.8 Å². The average molecular weight is 189 g/mol. The summed E-state index contributed by atoms with van der Waals surface area (Å²) in [7, 11) is -0.581. The molecule has 3 nitrogen and oxygen atoms in total. The Labute approximate surface area is 73.7 Å². The normalized spacial score (nSPS) is 33.1. The molecular formula is C8H15NO2S. The van der Waals surface area contributed by atoms with Gasteiger partial charge < -0.3 is 4.90 Å². The number of rotatable bonds is 0. The zero-order chi connectivity index (χ0) is 8.82. The number of nitrogens with zero attached hydrogens (tertiary/aromatic N) is 1. The maximum atomic E-state index is 11.2. The molecule has 0 aliphatic carbocycles. The fourth-order valence-electron chi connectivity index (χ4n) is 2.20. The van der Waals surface area contributed by atoms with Crippen LogP contribution in [-0.4, -0.2) is 44.0 Å². The van der Waals surface area contributed by atoms with Crippen LogP contribution in [0.25, 0.3) is 0 Å². The van der Waals surface area contributed by atoms with Crippen LogP contribution in [0.3, 0.4) is 0 Å². The summed E-state index contributed by atoms with van der Waals surface area (Å²) in [6, 6.07) is 0. The topological polar surface area (TPSA) is 37.4 Å². The van der Waals surface area contributed by atoms with Crippen molar-refractivity contribution in [3.8, 4) is 0 Å². The Morgan fingerprint density at radius 3 is 2.08 bits per heavy atom. The lowest BCUT2D eigenvalue weighted by atomic mass is 9.80. The summed E-state index contributed by atoms with van der Waals surface area (Å²) in [6.45, 7) is 1.14. The lowest BCUT2D eigenvalue weighted by molar-refractivity contribution is 0.00267. The molecule has 0 radical (unpaired) electrons. The van der Waals surface area contributed by atoms with Gasteiger partial charge in [-0.2, -0.15) is 0 Å². The van der Waals surface area contributed by atoms with E-state index in [9.17, 15) is 8.42 Å². The van der Waals surface area contributed by atoms with E-state index in [2.05, 4.69) is 11.9 Å². The molecule has 1 spiro atoms. The van der Waals surface area contributed by atoms with E-state index in [-0.39, 0.29) is 5.54 Å². The van der Waals surface area contributed by atoms with Gasteiger partial charge in [0.1, 0.15) is 9.84 Å². The predicted octanol–water partition coefficient (Wildman–Crippen LogP) is 0.269. The molecular weight excluding hydrogens is 174 g/mol. The first-order valence-corrected chi connectivity index (χ1v) is 6.28. The first kappa shape index (κ1) is 8.51. The molecule has 0 aromatic carbocycles. The summed E-state index contributed by atoms with van der Waals surface area (Å²) >= 11 is 0. The van der Waals surface area contributed by atoms with Crippen LogP contribution in [-0.2, 0) is 9.84 Å². The lowest BCUT2D eigenvalue weighted by Gasteiger charge is -2.53. The molecule has 0 bridgehead atoms. The number of likely N-dealkylation sites (tertiary alicyclic amines) is 1. The van der Waals surface area contributed by atoms with Crippen LogP contribution in [0, 0.1) is 0 Å². The SMILES string of the molecule is CN1CCC12CCS(=O)(=O)CC2. The van der Waals surface area contributed by atoms with Crippen molar-refractivity contribution in [3.05, 3.63) is 0 Å². The third kappa shape index (κ3) is 1.17. The predicted molar refractivity (Wildman–Crippen MR) is 47.9 cm³/mol. The van der Waals surface area contributed by atoms with E-state index < -0.39 is 9.84 Å². The highest BCUT2D eigenvalue weighted by molar-refractivity contribution is 7.91. The number of hydrogen-bond donors (Lipinski definition) is 0. The molecule has 0 amide bonds. The number of hydrogen-bond acceptors (Lipinski definition) is 3. The summed E-state index contributed by atoms with van der Waals surface area (Å²) in [5.74, 6) is 0.800. The van der Waals surface area contributed by atoms with E-state index in [1.807, 2.05) is 0 Å². The minimum absolute atomic E-state index is 0.269. The standard InChI is InChI=1S/C8H15NO2S/c1-9-5-2-8(9)3-6-12(10,11)7-4-8/h2-7H2,1H3. The third-order valence-corrected chi connectivity index (χ3v) is 5.13. The van der Waals surface area contributed by atoms with Gasteiger partial charge in [0.2, 0.25) is 0 Å². The van der Waals surface area contributed by atoms with E-state index in [1.54, 1.807) is 0 Å². The highest BCUT2D eigenvalue weighted by Gasteiger charge is 2.45. The van der Waals surface area contributed by atoms with Crippen molar-refractivity contribution in [2.24, 2.45) is 0 Å². The maximum absolute atomic E-state index is 11.2.